The van der Waals surface area contributed by atoms with E-state index in [1.807, 2.05) is 6.08 Å². The van der Waals surface area contributed by atoms with Crippen molar-refractivity contribution in [1.82, 2.24) is 0 Å². The molecule has 2 heteroatoms. The molecule has 0 heterocycles. The second kappa shape index (κ2) is 2.99. The van der Waals surface area contributed by atoms with Gasteiger partial charge < -0.3 is 0 Å². The first-order valence-electron chi connectivity index (χ1n) is 3.30. The molecule has 1 unspecified atom stereocenters. The normalized spacial score (nSPS) is 27.8. The summed E-state index contributed by atoms with van der Waals surface area (Å²) in [4.78, 5) is 4.19. The van der Waals surface area contributed by atoms with E-state index in [-0.39, 0.29) is 6.10 Å². The van der Waals surface area contributed by atoms with Gasteiger partial charge in [0.15, 0.2) is 0 Å². The van der Waals surface area contributed by atoms with Crippen LogP contribution in [0.2, 0.25) is 0 Å². The molecular weight excluding hydrogens is 116 g/mol. The van der Waals surface area contributed by atoms with Gasteiger partial charge in [0, 0.05) is 0 Å². The molecule has 0 amide bonds. The second-order valence-electron chi connectivity index (χ2n) is 2.55. The van der Waals surface area contributed by atoms with E-state index in [1.165, 1.54) is 5.57 Å². The Kier molecular flexibility index (Phi) is 2.25. The molecule has 9 heavy (non-hydrogen) atoms. The van der Waals surface area contributed by atoms with E-state index in [9.17, 15) is 0 Å². The number of allylic oxidation sites excluding steroid dienone is 1. The van der Waals surface area contributed by atoms with Gasteiger partial charge in [0.2, 0.25) is 0 Å². The minimum absolute atomic E-state index is 0.0428. The predicted octanol–water partition coefficient (Wildman–Crippen LogP) is 1.97. The van der Waals surface area contributed by atoms with Gasteiger partial charge in [-0.25, -0.2) is 4.89 Å². The van der Waals surface area contributed by atoms with Crippen molar-refractivity contribution in [1.29, 1.82) is 0 Å². The average Bonchev–Trinajstić information content (AvgIpc) is 1.88. The lowest BCUT2D eigenvalue weighted by molar-refractivity contribution is -0.268. The number of rotatable bonds is 1. The van der Waals surface area contributed by atoms with Crippen LogP contribution in [0.25, 0.3) is 0 Å². The first kappa shape index (κ1) is 6.78. The zero-order valence-corrected chi connectivity index (χ0v) is 5.63. The van der Waals surface area contributed by atoms with E-state index in [1.54, 1.807) is 0 Å². The van der Waals surface area contributed by atoms with Gasteiger partial charge in [-0.2, -0.15) is 0 Å². The maximum atomic E-state index is 8.26. The van der Waals surface area contributed by atoms with Crippen molar-refractivity contribution in [2.45, 2.75) is 32.3 Å². The van der Waals surface area contributed by atoms with Crippen LogP contribution >= 0.6 is 0 Å². The smallest absolute Gasteiger partial charge is 0.111 e. The van der Waals surface area contributed by atoms with E-state index in [0.717, 1.165) is 19.3 Å². The monoisotopic (exact) mass is 128 g/mol. The Morgan fingerprint density at radius 2 is 2.56 bits per heavy atom. The maximum Gasteiger partial charge on any atom is 0.111 e. The summed E-state index contributed by atoms with van der Waals surface area (Å²) in [6.07, 6.45) is 5.17. The van der Waals surface area contributed by atoms with Crippen molar-refractivity contribution in [2.75, 3.05) is 0 Å². The largest absolute Gasteiger partial charge is 0.251 e. The van der Waals surface area contributed by atoms with Gasteiger partial charge in [-0.3, -0.25) is 5.26 Å². The molecule has 0 aromatic carbocycles. The van der Waals surface area contributed by atoms with Gasteiger partial charge in [0.05, 0.1) is 0 Å². The Morgan fingerprint density at radius 3 is 3.00 bits per heavy atom. The van der Waals surface area contributed by atoms with Gasteiger partial charge in [-0.05, 0) is 26.2 Å². The molecule has 1 aliphatic carbocycles. The molecule has 1 rings (SSSR count). The molecule has 0 fully saturated rings. The fourth-order valence-electron chi connectivity index (χ4n) is 1.15. The minimum atomic E-state index is -0.0428. The first-order chi connectivity index (χ1) is 4.33. The summed E-state index contributed by atoms with van der Waals surface area (Å²) in [5.74, 6) is 0. The van der Waals surface area contributed by atoms with Crippen molar-refractivity contribution < 1.29 is 10.1 Å². The molecule has 0 radical (unpaired) electrons. The van der Waals surface area contributed by atoms with E-state index >= 15 is 0 Å². The lowest BCUT2D eigenvalue weighted by Crippen LogP contribution is -2.11. The highest BCUT2D eigenvalue weighted by Gasteiger charge is 2.10. The number of hydrogen-bond acceptors (Lipinski definition) is 2. The summed E-state index contributed by atoms with van der Waals surface area (Å²) in [6.45, 7) is 2.06. The Morgan fingerprint density at radius 1 is 1.78 bits per heavy atom. The molecule has 1 atom stereocenters. The Labute approximate surface area is 55.1 Å². The zero-order valence-electron chi connectivity index (χ0n) is 5.63. The summed E-state index contributed by atoms with van der Waals surface area (Å²) < 4.78 is 0. The Hall–Kier alpha value is -0.340. The van der Waals surface area contributed by atoms with Crippen LogP contribution in [0.1, 0.15) is 26.2 Å². The highest BCUT2D eigenvalue weighted by Crippen LogP contribution is 2.18. The summed E-state index contributed by atoms with van der Waals surface area (Å²) in [7, 11) is 0. The molecule has 0 aromatic rings. The summed E-state index contributed by atoms with van der Waals surface area (Å²) in [6, 6.07) is 0. The third kappa shape index (κ3) is 1.80. The van der Waals surface area contributed by atoms with Crippen molar-refractivity contribution in [2.24, 2.45) is 0 Å². The van der Waals surface area contributed by atoms with Gasteiger partial charge in [0.1, 0.15) is 6.10 Å². The molecule has 0 aromatic heterocycles. The Balaban J connectivity index is 2.47. The number of hydrogen-bond donors (Lipinski definition) is 1. The van der Waals surface area contributed by atoms with Crippen molar-refractivity contribution in [3.63, 3.8) is 0 Å². The fourth-order valence-corrected chi connectivity index (χ4v) is 1.15. The van der Waals surface area contributed by atoms with Gasteiger partial charge in [0.25, 0.3) is 0 Å². The molecule has 0 saturated carbocycles. The van der Waals surface area contributed by atoms with E-state index in [4.69, 9.17) is 5.26 Å². The van der Waals surface area contributed by atoms with E-state index in [0.29, 0.717) is 0 Å². The highest BCUT2D eigenvalue weighted by molar-refractivity contribution is 5.05. The molecule has 2 nitrogen and oxygen atoms in total. The summed E-state index contributed by atoms with van der Waals surface area (Å²) in [5, 5.41) is 8.26. The molecule has 0 aliphatic heterocycles. The summed E-state index contributed by atoms with van der Waals surface area (Å²) in [5.41, 5.74) is 1.32. The average molecular weight is 128 g/mol. The van der Waals surface area contributed by atoms with Crippen LogP contribution in [0, 0.1) is 0 Å². The molecule has 0 bridgehead atoms. The zero-order chi connectivity index (χ0) is 6.69. The van der Waals surface area contributed by atoms with Crippen LogP contribution in [0.4, 0.5) is 0 Å². The third-order valence-corrected chi connectivity index (χ3v) is 1.67. The van der Waals surface area contributed by atoms with Gasteiger partial charge in [-0.1, -0.05) is 11.6 Å². The quantitative estimate of drug-likeness (QED) is 0.332. The molecular formula is C7H12O2. The van der Waals surface area contributed by atoms with E-state index in [2.05, 4.69) is 11.8 Å². The predicted molar refractivity (Wildman–Crippen MR) is 35.1 cm³/mol. The van der Waals surface area contributed by atoms with Crippen LogP contribution in [0.15, 0.2) is 11.6 Å². The van der Waals surface area contributed by atoms with Crippen LogP contribution < -0.4 is 0 Å². The first-order valence-corrected chi connectivity index (χ1v) is 3.30. The van der Waals surface area contributed by atoms with Gasteiger partial charge in [-0.15, -0.1) is 0 Å². The van der Waals surface area contributed by atoms with Crippen LogP contribution in [-0.2, 0) is 4.89 Å². The summed E-state index contributed by atoms with van der Waals surface area (Å²) >= 11 is 0. The SMILES string of the molecule is CC1=CC(OO)CCC1. The van der Waals surface area contributed by atoms with Crippen LogP contribution in [0.5, 0.6) is 0 Å². The standard InChI is InChI=1S/C7H12O2/c1-6-3-2-4-7(5-6)9-8/h5,7-8H,2-4H2,1H3. The van der Waals surface area contributed by atoms with Crippen molar-refractivity contribution in [3.05, 3.63) is 11.6 Å². The molecule has 0 saturated heterocycles. The second-order valence-corrected chi connectivity index (χ2v) is 2.55. The Bertz CT molecular complexity index is 118. The lowest BCUT2D eigenvalue weighted by atomic mass is 9.99. The lowest BCUT2D eigenvalue weighted by Gasteiger charge is -2.15. The molecule has 52 valence electrons. The molecule has 1 N–H and O–H groups in total. The van der Waals surface area contributed by atoms with Crippen molar-refractivity contribution in [3.8, 4) is 0 Å². The third-order valence-electron chi connectivity index (χ3n) is 1.67. The minimum Gasteiger partial charge on any atom is -0.251 e. The molecule has 1 aliphatic rings. The van der Waals surface area contributed by atoms with Crippen molar-refractivity contribution >= 4 is 0 Å². The van der Waals surface area contributed by atoms with Crippen LogP contribution in [-0.4, -0.2) is 11.4 Å². The van der Waals surface area contributed by atoms with E-state index < -0.39 is 0 Å². The fraction of sp³-hybridized carbons (Fsp3) is 0.714. The van der Waals surface area contributed by atoms with Gasteiger partial charge >= 0.3 is 0 Å². The molecule has 0 spiro atoms. The topological polar surface area (TPSA) is 29.5 Å². The maximum absolute atomic E-state index is 8.26. The highest BCUT2D eigenvalue weighted by atomic mass is 17.1. The van der Waals surface area contributed by atoms with Crippen LogP contribution in [0.3, 0.4) is 0 Å².